The van der Waals surface area contributed by atoms with Crippen LogP contribution in [0.3, 0.4) is 0 Å². The monoisotopic (exact) mass is 232 g/mol. The van der Waals surface area contributed by atoms with Gasteiger partial charge in [0.15, 0.2) is 0 Å². The lowest BCUT2D eigenvalue weighted by molar-refractivity contribution is 0.224. The average molecular weight is 232 g/mol. The van der Waals surface area contributed by atoms with E-state index in [1.54, 1.807) is 11.3 Å². The maximum Gasteiger partial charge on any atom is 0.113 e. The minimum atomic E-state index is -0.488. The largest absolute Gasteiger partial charge is 0.383 e. The van der Waals surface area contributed by atoms with Crippen molar-refractivity contribution in [2.24, 2.45) is 0 Å². The van der Waals surface area contributed by atoms with E-state index in [0.717, 1.165) is 10.4 Å². The Hall–Kier alpha value is -1.12. The molecule has 0 aliphatic rings. The molecule has 2 heteroatoms. The van der Waals surface area contributed by atoms with Gasteiger partial charge in [0.1, 0.15) is 6.10 Å². The van der Waals surface area contributed by atoms with Crippen molar-refractivity contribution in [3.05, 3.63) is 56.8 Å². The van der Waals surface area contributed by atoms with Gasteiger partial charge >= 0.3 is 0 Å². The molecule has 0 aliphatic carbocycles. The summed E-state index contributed by atoms with van der Waals surface area (Å²) in [6.45, 7) is 6.22. The molecule has 2 rings (SSSR count). The number of benzene rings is 1. The van der Waals surface area contributed by atoms with Crippen LogP contribution in [0.25, 0.3) is 0 Å². The molecule has 1 unspecified atom stereocenters. The molecule has 0 amide bonds. The summed E-state index contributed by atoms with van der Waals surface area (Å²) in [4.78, 5) is 2.25. The highest BCUT2D eigenvalue weighted by atomic mass is 32.1. The zero-order chi connectivity index (χ0) is 11.7. The highest BCUT2D eigenvalue weighted by Crippen LogP contribution is 2.28. The molecule has 0 saturated carbocycles. The average Bonchev–Trinajstić information content (AvgIpc) is 2.68. The predicted molar refractivity (Wildman–Crippen MR) is 69.0 cm³/mol. The molecule has 0 bridgehead atoms. The summed E-state index contributed by atoms with van der Waals surface area (Å²) in [5.74, 6) is 0. The molecule has 0 radical (unpaired) electrons. The summed E-state index contributed by atoms with van der Waals surface area (Å²) >= 11 is 1.65. The minimum absolute atomic E-state index is 0.488. The van der Waals surface area contributed by atoms with E-state index < -0.39 is 6.10 Å². The number of rotatable bonds is 2. The second kappa shape index (κ2) is 4.40. The van der Waals surface area contributed by atoms with E-state index in [4.69, 9.17) is 0 Å². The Balaban J connectivity index is 2.33. The highest BCUT2D eigenvalue weighted by Gasteiger charge is 2.12. The normalized spacial score (nSPS) is 12.8. The minimum Gasteiger partial charge on any atom is -0.383 e. The number of aliphatic hydroxyl groups is 1. The van der Waals surface area contributed by atoms with E-state index in [1.807, 2.05) is 18.2 Å². The van der Waals surface area contributed by atoms with E-state index in [1.165, 1.54) is 16.0 Å². The van der Waals surface area contributed by atoms with Crippen LogP contribution in [0.2, 0.25) is 0 Å². The van der Waals surface area contributed by atoms with Gasteiger partial charge in [-0.2, -0.15) is 0 Å². The second-order valence-corrected chi connectivity index (χ2v) is 5.51. The van der Waals surface area contributed by atoms with Crippen molar-refractivity contribution in [2.75, 3.05) is 0 Å². The topological polar surface area (TPSA) is 20.2 Å². The van der Waals surface area contributed by atoms with E-state index in [-0.39, 0.29) is 0 Å². The molecule has 1 aromatic heterocycles. The molecular weight excluding hydrogens is 216 g/mol. The SMILES string of the molecule is Cc1ccc(C(O)c2ccc(C)c(C)c2)s1. The van der Waals surface area contributed by atoms with Crippen molar-refractivity contribution in [1.29, 1.82) is 0 Å². The number of hydrogen-bond acceptors (Lipinski definition) is 2. The van der Waals surface area contributed by atoms with Gasteiger partial charge in [0.05, 0.1) is 0 Å². The Bertz CT molecular complexity index is 499. The quantitative estimate of drug-likeness (QED) is 0.836. The molecule has 0 saturated heterocycles. The Morgan fingerprint density at radius 3 is 2.31 bits per heavy atom. The van der Waals surface area contributed by atoms with Gasteiger partial charge in [0.2, 0.25) is 0 Å². The fraction of sp³-hybridized carbons (Fsp3) is 0.286. The molecule has 0 aliphatic heterocycles. The highest BCUT2D eigenvalue weighted by molar-refractivity contribution is 7.12. The Labute approximate surface area is 100 Å². The lowest BCUT2D eigenvalue weighted by Gasteiger charge is -2.11. The van der Waals surface area contributed by atoms with Gasteiger partial charge in [0.25, 0.3) is 0 Å². The Morgan fingerprint density at radius 2 is 1.75 bits per heavy atom. The summed E-state index contributed by atoms with van der Waals surface area (Å²) in [6, 6.07) is 10.2. The van der Waals surface area contributed by atoms with Crippen LogP contribution in [-0.4, -0.2) is 5.11 Å². The van der Waals surface area contributed by atoms with Crippen LogP contribution in [0, 0.1) is 20.8 Å². The van der Waals surface area contributed by atoms with Gasteiger partial charge in [0, 0.05) is 9.75 Å². The van der Waals surface area contributed by atoms with Crippen molar-refractivity contribution >= 4 is 11.3 Å². The van der Waals surface area contributed by atoms with Gasteiger partial charge in [-0.15, -0.1) is 11.3 Å². The zero-order valence-electron chi connectivity index (χ0n) is 9.82. The van der Waals surface area contributed by atoms with Crippen molar-refractivity contribution in [2.45, 2.75) is 26.9 Å². The van der Waals surface area contributed by atoms with Gasteiger partial charge in [-0.25, -0.2) is 0 Å². The lowest BCUT2D eigenvalue weighted by Crippen LogP contribution is -1.97. The molecular formula is C14H16OS. The Morgan fingerprint density at radius 1 is 1.00 bits per heavy atom. The van der Waals surface area contributed by atoms with Gasteiger partial charge in [-0.05, 0) is 49.6 Å². The van der Waals surface area contributed by atoms with Gasteiger partial charge in [-0.3, -0.25) is 0 Å². The molecule has 2 aromatic rings. The summed E-state index contributed by atoms with van der Waals surface area (Å²) in [5.41, 5.74) is 3.47. The van der Waals surface area contributed by atoms with Crippen LogP contribution >= 0.6 is 11.3 Å². The standard InChI is InChI=1S/C14H16OS/c1-9-4-6-12(8-10(9)2)14(15)13-7-5-11(3)16-13/h4-8,14-15H,1-3H3. The fourth-order valence-corrected chi connectivity index (χ4v) is 2.59. The first-order valence-electron chi connectivity index (χ1n) is 5.39. The number of aryl methyl sites for hydroxylation is 3. The first kappa shape index (κ1) is 11.4. The van der Waals surface area contributed by atoms with Crippen molar-refractivity contribution in [3.63, 3.8) is 0 Å². The summed E-state index contributed by atoms with van der Waals surface area (Å²) in [6.07, 6.45) is -0.488. The van der Waals surface area contributed by atoms with Crippen molar-refractivity contribution in [1.82, 2.24) is 0 Å². The van der Waals surface area contributed by atoms with E-state index in [9.17, 15) is 5.11 Å². The summed E-state index contributed by atoms with van der Waals surface area (Å²) in [5, 5.41) is 10.2. The third-order valence-corrected chi connectivity index (χ3v) is 3.93. The second-order valence-electron chi connectivity index (χ2n) is 4.19. The van der Waals surface area contributed by atoms with Gasteiger partial charge in [-0.1, -0.05) is 18.2 Å². The van der Waals surface area contributed by atoms with Crippen LogP contribution in [0.1, 0.15) is 32.5 Å². The van der Waals surface area contributed by atoms with E-state index in [2.05, 4.69) is 32.9 Å². The van der Waals surface area contributed by atoms with Gasteiger partial charge < -0.3 is 5.11 Å². The molecule has 1 atom stereocenters. The lowest BCUT2D eigenvalue weighted by atomic mass is 10.0. The molecule has 84 valence electrons. The molecule has 16 heavy (non-hydrogen) atoms. The van der Waals surface area contributed by atoms with Crippen LogP contribution in [0.5, 0.6) is 0 Å². The third kappa shape index (κ3) is 2.18. The number of hydrogen-bond donors (Lipinski definition) is 1. The predicted octanol–water partition coefficient (Wildman–Crippen LogP) is 3.76. The maximum absolute atomic E-state index is 10.2. The Kier molecular flexibility index (Phi) is 3.13. The summed E-state index contributed by atoms with van der Waals surface area (Å²) in [7, 11) is 0. The first-order chi connectivity index (χ1) is 7.58. The first-order valence-corrected chi connectivity index (χ1v) is 6.21. The summed E-state index contributed by atoms with van der Waals surface area (Å²) < 4.78 is 0. The molecule has 0 spiro atoms. The smallest absolute Gasteiger partial charge is 0.113 e. The van der Waals surface area contributed by atoms with Crippen LogP contribution in [0.15, 0.2) is 30.3 Å². The molecule has 1 aromatic carbocycles. The van der Waals surface area contributed by atoms with Crippen molar-refractivity contribution < 1.29 is 5.11 Å². The molecule has 1 nitrogen and oxygen atoms in total. The molecule has 0 fully saturated rings. The fourth-order valence-electron chi connectivity index (χ4n) is 1.70. The van der Waals surface area contributed by atoms with Crippen LogP contribution in [0.4, 0.5) is 0 Å². The number of thiophene rings is 1. The van der Waals surface area contributed by atoms with E-state index >= 15 is 0 Å². The molecule has 1 heterocycles. The van der Waals surface area contributed by atoms with Crippen molar-refractivity contribution in [3.8, 4) is 0 Å². The molecule has 1 N–H and O–H groups in total. The van der Waals surface area contributed by atoms with E-state index in [0.29, 0.717) is 0 Å². The maximum atomic E-state index is 10.2. The third-order valence-electron chi connectivity index (χ3n) is 2.88. The van der Waals surface area contributed by atoms with Crippen LogP contribution < -0.4 is 0 Å². The zero-order valence-corrected chi connectivity index (χ0v) is 10.6. The number of aliphatic hydroxyl groups excluding tert-OH is 1. The van der Waals surface area contributed by atoms with Crippen LogP contribution in [-0.2, 0) is 0 Å².